The van der Waals surface area contributed by atoms with Crippen molar-refractivity contribution in [2.24, 2.45) is 0 Å². The van der Waals surface area contributed by atoms with Gasteiger partial charge in [0, 0.05) is 6.42 Å². The summed E-state index contributed by atoms with van der Waals surface area (Å²) in [6, 6.07) is 12.4. The van der Waals surface area contributed by atoms with Crippen LogP contribution in [0.1, 0.15) is 44.2 Å². The van der Waals surface area contributed by atoms with Gasteiger partial charge in [0.1, 0.15) is 12.4 Å². The van der Waals surface area contributed by atoms with Crippen LogP contribution in [0.2, 0.25) is 0 Å². The van der Waals surface area contributed by atoms with Crippen LogP contribution in [0.15, 0.2) is 42.5 Å². The quantitative estimate of drug-likeness (QED) is 0.406. The number of hydrogen-bond donors (Lipinski definition) is 0. The number of unbranched alkanes of at least 4 members (excludes halogenated alkanes) is 1. The molecule has 4 nitrogen and oxygen atoms in total. The molecule has 0 amide bonds. The van der Waals surface area contributed by atoms with Crippen molar-refractivity contribution in [3.63, 3.8) is 0 Å². The average Bonchev–Trinajstić information content (AvgIpc) is 2.66. The molecule has 2 aromatic rings. The maximum absolute atomic E-state index is 14.2. The smallest absolute Gasteiger partial charge is 0.306 e. The molecule has 0 fully saturated rings. The molecule has 0 aliphatic heterocycles. The highest BCUT2D eigenvalue weighted by atomic mass is 19.1. The van der Waals surface area contributed by atoms with Crippen molar-refractivity contribution in [1.82, 2.24) is 0 Å². The molecule has 0 saturated heterocycles. The second kappa shape index (κ2) is 11.2. The zero-order valence-electron chi connectivity index (χ0n) is 16.0. The Balaban J connectivity index is 1.88. The van der Waals surface area contributed by atoms with E-state index in [1.165, 1.54) is 6.07 Å². The minimum atomic E-state index is -0.438. The minimum absolute atomic E-state index is 0.187. The van der Waals surface area contributed by atoms with Crippen LogP contribution in [-0.4, -0.2) is 19.2 Å². The highest BCUT2D eigenvalue weighted by Gasteiger charge is 2.08. The van der Waals surface area contributed by atoms with Crippen molar-refractivity contribution in [2.75, 3.05) is 13.2 Å². The lowest BCUT2D eigenvalue weighted by molar-refractivity contribution is -0.143. The van der Waals surface area contributed by atoms with Crippen LogP contribution in [0.25, 0.3) is 0 Å². The summed E-state index contributed by atoms with van der Waals surface area (Å²) in [5, 5.41) is 0. The molecule has 0 unspecified atom stereocenters. The second-order valence-electron chi connectivity index (χ2n) is 6.21. The van der Waals surface area contributed by atoms with Crippen molar-refractivity contribution < 1.29 is 23.4 Å². The van der Waals surface area contributed by atoms with Gasteiger partial charge >= 0.3 is 5.97 Å². The first-order valence-corrected chi connectivity index (χ1v) is 9.41. The predicted octanol–water partition coefficient (Wildman–Crippen LogP) is 5.08. The lowest BCUT2D eigenvalue weighted by Crippen LogP contribution is -2.05. The third-order valence-corrected chi connectivity index (χ3v) is 3.98. The predicted molar refractivity (Wildman–Crippen MR) is 103 cm³/mol. The molecule has 0 aliphatic rings. The Morgan fingerprint density at radius 2 is 1.89 bits per heavy atom. The Hall–Kier alpha value is -2.56. The first-order valence-electron chi connectivity index (χ1n) is 9.41. The third kappa shape index (κ3) is 7.29. The number of carbonyl (C=O) groups excluding carboxylic acids is 1. The highest BCUT2D eigenvalue weighted by molar-refractivity contribution is 5.69. The third-order valence-electron chi connectivity index (χ3n) is 3.98. The molecule has 146 valence electrons. The van der Waals surface area contributed by atoms with E-state index in [-0.39, 0.29) is 24.7 Å². The van der Waals surface area contributed by atoms with E-state index in [4.69, 9.17) is 14.2 Å². The fraction of sp³-hybridized carbons (Fsp3) is 0.409. The summed E-state index contributed by atoms with van der Waals surface area (Å²) >= 11 is 0. The largest absolute Gasteiger partial charge is 0.494 e. The Bertz CT molecular complexity index is 730. The summed E-state index contributed by atoms with van der Waals surface area (Å²) in [4.78, 5) is 11.4. The SMILES string of the molecule is CCCCOc1cccc(COc2ccc(CCC(=O)OCC)cc2F)c1. The molecule has 0 saturated carbocycles. The molecule has 0 bridgehead atoms. The van der Waals surface area contributed by atoms with Crippen LogP contribution >= 0.6 is 0 Å². The molecule has 0 aliphatic carbocycles. The number of carbonyl (C=O) groups is 1. The summed E-state index contributed by atoms with van der Waals surface area (Å²) in [7, 11) is 0. The standard InChI is InChI=1S/C22H27FO4/c1-3-5-13-26-19-8-6-7-18(14-19)16-27-21-11-9-17(15-20(21)23)10-12-22(24)25-4-2/h6-9,11,14-15H,3-5,10,12-13,16H2,1-2H3. The molecule has 0 atom stereocenters. The molecule has 5 heteroatoms. The first-order chi connectivity index (χ1) is 13.1. The van der Waals surface area contributed by atoms with Crippen LogP contribution in [0.3, 0.4) is 0 Å². The number of benzene rings is 2. The minimum Gasteiger partial charge on any atom is -0.494 e. The van der Waals surface area contributed by atoms with Crippen molar-refractivity contribution in [1.29, 1.82) is 0 Å². The van der Waals surface area contributed by atoms with Gasteiger partial charge in [0.05, 0.1) is 13.2 Å². The lowest BCUT2D eigenvalue weighted by Gasteiger charge is -2.10. The lowest BCUT2D eigenvalue weighted by atomic mass is 10.1. The summed E-state index contributed by atoms with van der Waals surface area (Å²) in [6.45, 7) is 5.17. The molecule has 0 aromatic heterocycles. The Morgan fingerprint density at radius 1 is 1.04 bits per heavy atom. The normalized spacial score (nSPS) is 10.5. The van der Waals surface area contributed by atoms with Crippen molar-refractivity contribution in [2.45, 2.75) is 46.1 Å². The molecule has 2 rings (SSSR count). The fourth-order valence-corrected chi connectivity index (χ4v) is 2.52. The number of hydrogen-bond acceptors (Lipinski definition) is 4. The summed E-state index contributed by atoms with van der Waals surface area (Å²) in [5.74, 6) is 0.262. The first kappa shape index (κ1) is 20.7. The van der Waals surface area contributed by atoms with Gasteiger partial charge in [-0.25, -0.2) is 4.39 Å². The van der Waals surface area contributed by atoms with Crippen LogP contribution in [0.4, 0.5) is 4.39 Å². The monoisotopic (exact) mass is 374 g/mol. The molecular formula is C22H27FO4. The molecule has 0 spiro atoms. The van der Waals surface area contributed by atoms with Gasteiger partial charge < -0.3 is 14.2 Å². The van der Waals surface area contributed by atoms with E-state index in [0.29, 0.717) is 19.6 Å². The topological polar surface area (TPSA) is 44.8 Å². The van der Waals surface area contributed by atoms with E-state index in [9.17, 15) is 9.18 Å². The maximum Gasteiger partial charge on any atom is 0.306 e. The Kier molecular flexibility index (Phi) is 8.62. The van der Waals surface area contributed by atoms with Crippen LogP contribution in [0, 0.1) is 5.82 Å². The number of rotatable bonds is 11. The zero-order valence-corrected chi connectivity index (χ0v) is 16.0. The summed E-state index contributed by atoms with van der Waals surface area (Å²) in [6.07, 6.45) is 2.76. The van der Waals surface area contributed by atoms with Crippen molar-refractivity contribution >= 4 is 5.97 Å². The molecule has 0 N–H and O–H groups in total. The van der Waals surface area contributed by atoms with E-state index in [1.54, 1.807) is 19.1 Å². The van der Waals surface area contributed by atoms with E-state index in [2.05, 4.69) is 6.92 Å². The average molecular weight is 374 g/mol. The fourth-order valence-electron chi connectivity index (χ4n) is 2.52. The van der Waals surface area contributed by atoms with Gasteiger partial charge in [0.25, 0.3) is 0 Å². The number of halogens is 1. The van der Waals surface area contributed by atoms with Gasteiger partial charge in [0.2, 0.25) is 0 Å². The van der Waals surface area contributed by atoms with Crippen molar-refractivity contribution in [3.05, 3.63) is 59.4 Å². The van der Waals surface area contributed by atoms with Crippen LogP contribution < -0.4 is 9.47 Å². The molecule has 2 aromatic carbocycles. The Morgan fingerprint density at radius 3 is 2.63 bits per heavy atom. The van der Waals surface area contributed by atoms with Gasteiger partial charge in [-0.1, -0.05) is 31.5 Å². The molecule has 0 heterocycles. The summed E-state index contributed by atoms with van der Waals surface area (Å²) in [5.41, 5.74) is 1.65. The van der Waals surface area contributed by atoms with Gasteiger partial charge in [-0.2, -0.15) is 0 Å². The van der Waals surface area contributed by atoms with Gasteiger partial charge in [-0.15, -0.1) is 0 Å². The number of ether oxygens (including phenoxy) is 3. The number of aryl methyl sites for hydroxylation is 1. The molecule has 27 heavy (non-hydrogen) atoms. The number of esters is 1. The van der Waals surface area contributed by atoms with Crippen molar-refractivity contribution in [3.8, 4) is 11.5 Å². The molecular weight excluding hydrogens is 347 g/mol. The van der Waals surface area contributed by atoms with Crippen LogP contribution in [-0.2, 0) is 22.6 Å². The van der Waals surface area contributed by atoms with E-state index < -0.39 is 5.82 Å². The summed E-state index contributed by atoms with van der Waals surface area (Å²) < 4.78 is 30.4. The van der Waals surface area contributed by atoms with Gasteiger partial charge in [-0.05, 0) is 55.2 Å². The van der Waals surface area contributed by atoms with Crippen LogP contribution in [0.5, 0.6) is 11.5 Å². The van der Waals surface area contributed by atoms with E-state index in [1.807, 2.05) is 24.3 Å². The van der Waals surface area contributed by atoms with E-state index >= 15 is 0 Å². The second-order valence-corrected chi connectivity index (χ2v) is 6.21. The maximum atomic E-state index is 14.2. The zero-order chi connectivity index (χ0) is 19.5. The Labute approximate surface area is 160 Å². The van der Waals surface area contributed by atoms with Gasteiger partial charge in [0.15, 0.2) is 11.6 Å². The highest BCUT2D eigenvalue weighted by Crippen LogP contribution is 2.22. The molecule has 0 radical (unpaired) electrons. The van der Waals surface area contributed by atoms with Gasteiger partial charge in [-0.3, -0.25) is 4.79 Å². The van der Waals surface area contributed by atoms with E-state index in [0.717, 1.165) is 29.7 Å².